The van der Waals surface area contributed by atoms with Crippen molar-refractivity contribution >= 4 is 27.8 Å². The zero-order valence-corrected chi connectivity index (χ0v) is 29.0. The van der Waals surface area contributed by atoms with E-state index in [0.717, 1.165) is 17.0 Å². The third-order valence-corrected chi connectivity index (χ3v) is 10.3. The van der Waals surface area contributed by atoms with Crippen molar-refractivity contribution in [3.8, 4) is 44.5 Å². The lowest BCUT2D eigenvalue weighted by atomic mass is 9.66. The van der Waals surface area contributed by atoms with Crippen LogP contribution in [0.15, 0.2) is 175 Å². The quantitative estimate of drug-likeness (QED) is 0.173. The predicted octanol–water partition coefficient (Wildman–Crippen LogP) is 14.3. The zero-order valence-electron chi connectivity index (χ0n) is 51.0. The largest absolute Gasteiger partial charge is 0.310 e. The molecule has 0 spiro atoms. The maximum absolute atomic E-state index is 10.2. The first-order valence-electron chi connectivity index (χ1n) is 28.0. The van der Waals surface area contributed by atoms with Gasteiger partial charge in [-0.3, -0.25) is 0 Å². The second kappa shape index (κ2) is 11.7. The minimum atomic E-state index is -1.52. The zero-order chi connectivity index (χ0) is 55.0. The number of benzene rings is 8. The Labute approximate surface area is 343 Å². The molecule has 2 aliphatic carbocycles. The highest BCUT2D eigenvalue weighted by atomic mass is 15.1. The van der Waals surface area contributed by atoms with Crippen molar-refractivity contribution in [1.82, 2.24) is 0 Å². The number of anilines is 3. The average Bonchev–Trinajstić information content (AvgIpc) is 3.67. The standard InChI is InChI=1S/C52H41N/c1-51(2)44-22-12-11-20-41(44)42-32-30-39(33-46(42)51)53(38-28-25-35(26-29-38)34-15-7-5-8-16-34)47-24-14-21-43-49-40(36-17-9-6-10-18-36)31-27-37-19-13-23-45(48(37)49)52(3,4)50(43)47/h5-33H,1-4H3/i5D,6D,7D,8D,9D,10D,11D,12D,15D,17D,18D,19D,20D,22D,23D,24D,25D,27D,28D,29D,30D,33D. The number of fused-ring (bicyclic) bond motifs is 5. The minimum Gasteiger partial charge on any atom is -0.310 e. The van der Waals surface area contributed by atoms with Crippen molar-refractivity contribution in [2.24, 2.45) is 0 Å². The van der Waals surface area contributed by atoms with Gasteiger partial charge in [0.1, 0.15) is 0 Å². The van der Waals surface area contributed by atoms with Crippen LogP contribution in [0.2, 0.25) is 0 Å². The Morgan fingerprint density at radius 2 is 1.19 bits per heavy atom. The first-order chi connectivity index (χ1) is 34.9. The molecule has 0 saturated carbocycles. The van der Waals surface area contributed by atoms with E-state index in [9.17, 15) is 11.0 Å². The lowest BCUT2D eigenvalue weighted by molar-refractivity contribution is 0.645. The summed E-state index contributed by atoms with van der Waals surface area (Å²) in [5, 5.41) is 0.229. The van der Waals surface area contributed by atoms with Gasteiger partial charge < -0.3 is 4.90 Å². The fraction of sp³-hybridized carbons (Fsp3) is 0.115. The van der Waals surface area contributed by atoms with Gasteiger partial charge in [0.2, 0.25) is 0 Å². The van der Waals surface area contributed by atoms with Gasteiger partial charge in [-0.25, -0.2) is 0 Å². The lowest BCUT2D eigenvalue weighted by Gasteiger charge is -2.40. The molecule has 8 aromatic rings. The summed E-state index contributed by atoms with van der Waals surface area (Å²) in [7, 11) is 0. The van der Waals surface area contributed by atoms with Gasteiger partial charge >= 0.3 is 0 Å². The van der Waals surface area contributed by atoms with Crippen LogP contribution in [0.5, 0.6) is 0 Å². The van der Waals surface area contributed by atoms with Gasteiger partial charge in [0.05, 0.1) is 35.8 Å². The van der Waals surface area contributed by atoms with Gasteiger partial charge in [0, 0.05) is 22.2 Å². The number of rotatable bonds is 5. The Balaban J connectivity index is 1.41. The summed E-state index contributed by atoms with van der Waals surface area (Å²) in [4.78, 5) is 1.14. The monoisotopic (exact) mass is 701 g/mol. The summed E-state index contributed by atoms with van der Waals surface area (Å²) in [6.45, 7) is 6.67. The highest BCUT2D eigenvalue weighted by molar-refractivity contribution is 6.10. The molecule has 1 nitrogen and oxygen atoms in total. The van der Waals surface area contributed by atoms with E-state index in [1.165, 1.54) is 30.3 Å². The topological polar surface area (TPSA) is 3.24 Å². The average molecular weight is 702 g/mol. The molecule has 0 amide bonds. The summed E-state index contributed by atoms with van der Waals surface area (Å²) >= 11 is 0. The van der Waals surface area contributed by atoms with Crippen LogP contribution in [-0.4, -0.2) is 0 Å². The molecule has 0 N–H and O–H groups in total. The number of hydrogen-bond acceptors (Lipinski definition) is 1. The molecule has 0 bridgehead atoms. The number of hydrogen-bond donors (Lipinski definition) is 0. The molecule has 0 atom stereocenters. The molecule has 254 valence electrons. The van der Waals surface area contributed by atoms with Gasteiger partial charge in [-0.15, -0.1) is 0 Å². The predicted molar refractivity (Wildman–Crippen MR) is 225 cm³/mol. The first-order valence-corrected chi connectivity index (χ1v) is 17.0. The molecular formula is C52H41N. The summed E-state index contributed by atoms with van der Waals surface area (Å²) in [6.07, 6.45) is 0. The van der Waals surface area contributed by atoms with Crippen molar-refractivity contribution in [2.75, 3.05) is 4.90 Å². The maximum Gasteiger partial charge on any atom is 0.0648 e. The van der Waals surface area contributed by atoms with Gasteiger partial charge in [-0.05, 0) is 108 Å². The van der Waals surface area contributed by atoms with E-state index < -0.39 is 119 Å². The first kappa shape index (κ1) is 16.2. The minimum absolute atomic E-state index is 0.0588. The molecule has 0 aromatic heterocycles. The molecule has 0 aliphatic heterocycles. The SMILES string of the molecule is [2H]c1cc(-c2cc([2H])c(N(c3c([2H])cc4c(c3[2H])C(C)(C)c3c([2H])c([2H])c([2H])c([2H])c3-4)c3c([2H])ccc4c3C(C)(C)c3c([2H])cc([2H])c5c([2H])cc(-c6c([2H])c([2H])c([2H])c([2H])c6[2H])c-4c35)c([2H])c2[2H])c([2H])c([2H])c1[2H]. The van der Waals surface area contributed by atoms with Crippen molar-refractivity contribution in [3.63, 3.8) is 0 Å². The summed E-state index contributed by atoms with van der Waals surface area (Å²) in [5.41, 5.74) is -3.79. The molecule has 0 unspecified atom stereocenters. The molecule has 0 radical (unpaired) electrons. The van der Waals surface area contributed by atoms with E-state index in [-0.39, 0.29) is 119 Å². The fourth-order valence-corrected chi connectivity index (χ4v) is 7.87. The molecule has 1 heteroatoms. The molecular weight excluding hydrogens is 639 g/mol. The summed E-state index contributed by atoms with van der Waals surface area (Å²) in [6, 6.07) is -2.54. The summed E-state index contributed by atoms with van der Waals surface area (Å²) < 4.78 is 200. The van der Waals surface area contributed by atoms with Gasteiger partial charge in [-0.1, -0.05) is 173 Å². The van der Waals surface area contributed by atoms with Crippen LogP contribution in [0.4, 0.5) is 17.1 Å². The third kappa shape index (κ3) is 4.70. The highest BCUT2D eigenvalue weighted by Crippen LogP contribution is 2.57. The maximum atomic E-state index is 10.2. The molecule has 53 heavy (non-hydrogen) atoms. The number of nitrogens with zero attached hydrogens (tertiary/aromatic N) is 1. The third-order valence-electron chi connectivity index (χ3n) is 10.3. The van der Waals surface area contributed by atoms with E-state index in [0.29, 0.717) is 0 Å². The second-order valence-corrected chi connectivity index (χ2v) is 14.0. The lowest BCUT2D eigenvalue weighted by Crippen LogP contribution is -2.27. The Morgan fingerprint density at radius 3 is 2.06 bits per heavy atom. The van der Waals surface area contributed by atoms with Gasteiger partial charge in [-0.2, -0.15) is 0 Å². The van der Waals surface area contributed by atoms with Crippen molar-refractivity contribution < 1.29 is 30.2 Å². The van der Waals surface area contributed by atoms with Crippen molar-refractivity contribution in [3.05, 3.63) is 198 Å². The van der Waals surface area contributed by atoms with E-state index >= 15 is 0 Å². The molecule has 2 aliphatic rings. The van der Waals surface area contributed by atoms with Crippen LogP contribution < -0.4 is 4.90 Å². The van der Waals surface area contributed by atoms with Crippen LogP contribution >= 0.6 is 0 Å². The molecule has 0 saturated heterocycles. The van der Waals surface area contributed by atoms with E-state index in [2.05, 4.69) is 0 Å². The van der Waals surface area contributed by atoms with E-state index in [4.69, 9.17) is 19.2 Å². The summed E-state index contributed by atoms with van der Waals surface area (Å²) in [5.74, 6) is 0. The Morgan fingerprint density at radius 1 is 0.453 bits per heavy atom. The van der Waals surface area contributed by atoms with E-state index in [1.54, 1.807) is 27.7 Å². The molecule has 0 fully saturated rings. The molecule has 0 heterocycles. The Bertz CT molecular complexity index is 3960. The fourth-order valence-electron chi connectivity index (χ4n) is 7.87. The molecule has 10 rings (SSSR count). The van der Waals surface area contributed by atoms with Crippen molar-refractivity contribution in [1.29, 1.82) is 0 Å². The van der Waals surface area contributed by atoms with E-state index in [1.807, 2.05) is 0 Å². The van der Waals surface area contributed by atoms with Crippen LogP contribution in [0.1, 0.15) is 80.1 Å². The van der Waals surface area contributed by atoms with Crippen LogP contribution in [-0.2, 0) is 10.8 Å². The Hall–Kier alpha value is -6.18. The van der Waals surface area contributed by atoms with Crippen LogP contribution in [0, 0.1) is 0 Å². The highest BCUT2D eigenvalue weighted by Gasteiger charge is 2.39. The molecule has 8 aromatic carbocycles. The van der Waals surface area contributed by atoms with Crippen LogP contribution in [0.3, 0.4) is 0 Å². The van der Waals surface area contributed by atoms with Crippen LogP contribution in [0.25, 0.3) is 55.3 Å². The van der Waals surface area contributed by atoms with Crippen molar-refractivity contribution in [2.45, 2.75) is 38.5 Å². The van der Waals surface area contributed by atoms with Gasteiger partial charge in [0.15, 0.2) is 0 Å². The Kier molecular flexibility index (Phi) is 3.57. The smallest absolute Gasteiger partial charge is 0.0648 e. The second-order valence-electron chi connectivity index (χ2n) is 14.0. The normalized spacial score (nSPS) is 20.2. The van der Waals surface area contributed by atoms with Gasteiger partial charge in [0.25, 0.3) is 0 Å².